The molecule has 0 spiro atoms. The maximum atomic E-state index is 9.52. The predicted octanol–water partition coefficient (Wildman–Crippen LogP) is 2.50. The first-order chi connectivity index (χ1) is 4.62. The Hall–Kier alpha value is -0.300. The zero-order valence-electron chi connectivity index (χ0n) is 7.06. The van der Waals surface area contributed by atoms with Crippen LogP contribution >= 0.6 is 0 Å². The lowest BCUT2D eigenvalue weighted by Crippen LogP contribution is -2.21. The van der Waals surface area contributed by atoms with Crippen molar-refractivity contribution in [1.82, 2.24) is 0 Å². The fourth-order valence-electron chi connectivity index (χ4n) is 0.804. The summed E-state index contributed by atoms with van der Waals surface area (Å²) in [6.07, 6.45) is 5.67. The number of unbranched alkanes of at least 4 members (excludes halogenated alkanes) is 1. The summed E-state index contributed by atoms with van der Waals surface area (Å²) in [7, 11) is 0. The summed E-state index contributed by atoms with van der Waals surface area (Å²) in [5.74, 6) is 0. The summed E-state index contributed by atoms with van der Waals surface area (Å²) in [5.41, 5.74) is -0.455. The van der Waals surface area contributed by atoms with E-state index >= 15 is 0 Å². The average molecular weight is 142 g/mol. The first-order valence-corrected chi connectivity index (χ1v) is 3.95. The van der Waals surface area contributed by atoms with Crippen LogP contribution in [0.5, 0.6) is 0 Å². The molecule has 0 aromatic carbocycles. The van der Waals surface area contributed by atoms with E-state index in [0.717, 1.165) is 25.7 Å². The molecule has 1 heteroatoms. The molecule has 0 aliphatic rings. The van der Waals surface area contributed by atoms with Gasteiger partial charge in [-0.15, -0.1) is 6.58 Å². The van der Waals surface area contributed by atoms with Crippen LogP contribution < -0.4 is 0 Å². The molecule has 0 saturated carbocycles. The molecule has 1 N–H and O–H groups in total. The summed E-state index contributed by atoms with van der Waals surface area (Å²) < 4.78 is 0. The number of hydrogen-bond donors (Lipinski definition) is 1. The molecule has 0 heterocycles. The monoisotopic (exact) mass is 142 g/mol. The molecule has 0 fully saturated rings. The minimum absolute atomic E-state index is 0.455. The van der Waals surface area contributed by atoms with Gasteiger partial charge < -0.3 is 5.11 Å². The first-order valence-electron chi connectivity index (χ1n) is 3.95. The van der Waals surface area contributed by atoms with E-state index in [1.54, 1.807) is 0 Å². The lowest BCUT2D eigenvalue weighted by Gasteiger charge is -2.20. The van der Waals surface area contributed by atoms with Gasteiger partial charge in [0.05, 0.1) is 5.60 Å². The van der Waals surface area contributed by atoms with E-state index in [0.29, 0.717) is 0 Å². The number of allylic oxidation sites excluding steroid dienone is 1. The SMILES string of the molecule is C=CCCCC(C)(O)CC. The van der Waals surface area contributed by atoms with E-state index in [9.17, 15) is 5.11 Å². The van der Waals surface area contributed by atoms with Crippen molar-refractivity contribution in [3.05, 3.63) is 12.7 Å². The number of hydrogen-bond acceptors (Lipinski definition) is 1. The normalized spacial score (nSPS) is 16.3. The van der Waals surface area contributed by atoms with Gasteiger partial charge in [0, 0.05) is 0 Å². The Morgan fingerprint density at radius 3 is 2.60 bits per heavy atom. The summed E-state index contributed by atoms with van der Waals surface area (Å²) in [6, 6.07) is 0. The molecule has 0 bridgehead atoms. The molecule has 0 saturated heterocycles. The van der Waals surface area contributed by atoms with Gasteiger partial charge >= 0.3 is 0 Å². The smallest absolute Gasteiger partial charge is 0.0617 e. The van der Waals surface area contributed by atoms with E-state index in [1.807, 2.05) is 19.9 Å². The molecular weight excluding hydrogens is 124 g/mol. The molecule has 0 aliphatic carbocycles. The second-order valence-corrected chi connectivity index (χ2v) is 3.03. The molecule has 1 atom stereocenters. The third-order valence-corrected chi connectivity index (χ3v) is 1.89. The summed E-state index contributed by atoms with van der Waals surface area (Å²) in [4.78, 5) is 0. The van der Waals surface area contributed by atoms with Crippen molar-refractivity contribution in [1.29, 1.82) is 0 Å². The molecule has 10 heavy (non-hydrogen) atoms. The van der Waals surface area contributed by atoms with Gasteiger partial charge in [-0.2, -0.15) is 0 Å². The van der Waals surface area contributed by atoms with Gasteiger partial charge in [-0.05, 0) is 32.6 Å². The van der Waals surface area contributed by atoms with Crippen molar-refractivity contribution >= 4 is 0 Å². The fourth-order valence-corrected chi connectivity index (χ4v) is 0.804. The second-order valence-electron chi connectivity index (χ2n) is 3.03. The summed E-state index contributed by atoms with van der Waals surface area (Å²) in [5, 5.41) is 9.52. The zero-order chi connectivity index (χ0) is 8.04. The Bertz CT molecular complexity index is 94.9. The molecule has 1 unspecified atom stereocenters. The lowest BCUT2D eigenvalue weighted by atomic mass is 9.96. The van der Waals surface area contributed by atoms with Gasteiger partial charge in [-0.1, -0.05) is 13.0 Å². The van der Waals surface area contributed by atoms with E-state index in [4.69, 9.17) is 0 Å². The van der Waals surface area contributed by atoms with Gasteiger partial charge in [0.25, 0.3) is 0 Å². The first kappa shape index (κ1) is 9.70. The Morgan fingerprint density at radius 1 is 1.60 bits per heavy atom. The van der Waals surface area contributed by atoms with Crippen LogP contribution in [0.25, 0.3) is 0 Å². The minimum atomic E-state index is -0.455. The van der Waals surface area contributed by atoms with Crippen LogP contribution in [0.2, 0.25) is 0 Å². The highest BCUT2D eigenvalue weighted by Crippen LogP contribution is 2.16. The highest BCUT2D eigenvalue weighted by Gasteiger charge is 2.15. The third kappa shape index (κ3) is 4.57. The Balaban J connectivity index is 3.36. The van der Waals surface area contributed by atoms with Crippen molar-refractivity contribution in [2.24, 2.45) is 0 Å². The Kier molecular flexibility index (Phi) is 4.37. The van der Waals surface area contributed by atoms with E-state index in [1.165, 1.54) is 0 Å². The van der Waals surface area contributed by atoms with Crippen LogP contribution in [-0.2, 0) is 0 Å². The molecule has 0 aliphatic heterocycles. The van der Waals surface area contributed by atoms with Gasteiger partial charge in [0.2, 0.25) is 0 Å². The molecule has 0 rings (SSSR count). The van der Waals surface area contributed by atoms with Crippen molar-refractivity contribution in [3.63, 3.8) is 0 Å². The van der Waals surface area contributed by atoms with Crippen LogP contribution in [0.3, 0.4) is 0 Å². The average Bonchev–Trinajstić information content (AvgIpc) is 1.89. The molecule has 60 valence electrons. The van der Waals surface area contributed by atoms with E-state index in [-0.39, 0.29) is 0 Å². The zero-order valence-corrected chi connectivity index (χ0v) is 7.06. The minimum Gasteiger partial charge on any atom is -0.390 e. The predicted molar refractivity (Wildman–Crippen MR) is 45.0 cm³/mol. The van der Waals surface area contributed by atoms with Crippen LogP contribution in [0.1, 0.15) is 39.5 Å². The van der Waals surface area contributed by atoms with Gasteiger partial charge in [-0.3, -0.25) is 0 Å². The topological polar surface area (TPSA) is 20.2 Å². The van der Waals surface area contributed by atoms with Crippen LogP contribution in [0, 0.1) is 0 Å². The van der Waals surface area contributed by atoms with Crippen LogP contribution in [0.15, 0.2) is 12.7 Å². The van der Waals surface area contributed by atoms with Crippen molar-refractivity contribution in [3.8, 4) is 0 Å². The third-order valence-electron chi connectivity index (χ3n) is 1.89. The molecule has 0 aromatic rings. The van der Waals surface area contributed by atoms with Crippen molar-refractivity contribution < 1.29 is 5.11 Å². The maximum absolute atomic E-state index is 9.52. The quantitative estimate of drug-likeness (QED) is 0.462. The van der Waals surface area contributed by atoms with Gasteiger partial charge in [-0.25, -0.2) is 0 Å². The summed E-state index contributed by atoms with van der Waals surface area (Å²) >= 11 is 0. The molecular formula is C9H18O. The second kappa shape index (κ2) is 4.51. The van der Waals surface area contributed by atoms with Crippen molar-refractivity contribution in [2.75, 3.05) is 0 Å². The van der Waals surface area contributed by atoms with Gasteiger partial charge in [0.15, 0.2) is 0 Å². The molecule has 0 aromatic heterocycles. The van der Waals surface area contributed by atoms with Gasteiger partial charge in [0.1, 0.15) is 0 Å². The highest BCUT2D eigenvalue weighted by atomic mass is 16.3. The largest absolute Gasteiger partial charge is 0.390 e. The standard InChI is InChI=1S/C9H18O/c1-4-6-7-8-9(3,10)5-2/h4,10H,1,5-8H2,2-3H3. The number of aliphatic hydroxyl groups is 1. The summed E-state index contributed by atoms with van der Waals surface area (Å²) in [6.45, 7) is 7.52. The van der Waals surface area contributed by atoms with Crippen LogP contribution in [0.4, 0.5) is 0 Å². The highest BCUT2D eigenvalue weighted by molar-refractivity contribution is 4.73. The lowest BCUT2D eigenvalue weighted by molar-refractivity contribution is 0.0452. The van der Waals surface area contributed by atoms with Crippen molar-refractivity contribution in [2.45, 2.75) is 45.1 Å². The fraction of sp³-hybridized carbons (Fsp3) is 0.778. The van der Waals surface area contributed by atoms with E-state index in [2.05, 4.69) is 6.58 Å². The van der Waals surface area contributed by atoms with Crippen LogP contribution in [-0.4, -0.2) is 10.7 Å². The Labute approximate surface area is 63.8 Å². The Morgan fingerprint density at radius 2 is 2.20 bits per heavy atom. The molecule has 0 radical (unpaired) electrons. The molecule has 1 nitrogen and oxygen atoms in total. The molecule has 0 amide bonds. The van der Waals surface area contributed by atoms with E-state index < -0.39 is 5.60 Å². The number of rotatable bonds is 5. The maximum Gasteiger partial charge on any atom is 0.0617 e.